The Morgan fingerprint density at radius 1 is 0.655 bits per heavy atom. The van der Waals surface area contributed by atoms with Gasteiger partial charge in [0, 0.05) is 96.9 Å². The molecule has 1 spiro atoms. The van der Waals surface area contributed by atoms with E-state index in [9.17, 15) is 49.2 Å². The highest BCUT2D eigenvalue weighted by atomic mass is 16.7. The van der Waals surface area contributed by atoms with Crippen LogP contribution in [0.25, 0.3) is 0 Å². The van der Waals surface area contributed by atoms with Crippen molar-refractivity contribution in [1.29, 1.82) is 0 Å². The lowest BCUT2D eigenvalue weighted by Gasteiger charge is -2.48. The van der Waals surface area contributed by atoms with Crippen LogP contribution in [0.15, 0.2) is 107 Å². The molecule has 616 valence electrons. The van der Waals surface area contributed by atoms with Crippen LogP contribution >= 0.6 is 0 Å². The monoisotopic (exact) mass is 1540 g/mol. The summed E-state index contributed by atoms with van der Waals surface area (Å²) in [4.78, 5) is 85.9. The second kappa shape index (κ2) is 40.7. The second-order valence-electron chi connectivity index (χ2n) is 33.4. The largest absolute Gasteiger partial charge is 0.462 e. The standard InChI is InChI=1S/C51H79NO13.C37H54O8/c1-30-16-12-11-13-17-31(2)42(61-8)28-38-21-19-36(7)51(60,65-38)48(57)49(58)52-23-15-14-18-39(52)50(59)64-43(33(4)26-37-20-22-40(53)44(27-37)62-9)29-41(54)32(3)25-35(6)46(56)47(63-10)45(55)34(5)24-30;1-9-22(3)32-25(6)16-17-36(45-32)20-29-19-28(44-36)15-14-24(5)31(41-10-2)23(4)12-11-13-27-21-42-34-33(40-8)26(7)18-30(35(38)43-29)37(27,34)39/h11-13,16-17,25,30,32-34,36-40,42-44,46-47,53,56,60H,14-15,18-24,26-29H2,1-10H3;11-14,16-18,22-23,25,28-34,39H,9-10,15,19-21H2,1-8H3/b13-11+,16-12+,31-17+,35-25+;12-11+,24-14+,27-13+/t30-,32-,33-,34-,36-,37+,38+,39+,40-,42+,43+,44-,46-,47+,51-;22?,23-,25-,28+,29-,30-,31-,32+,33+,34+,36+,37+/m10/s1. The number of hydrogen-bond donors (Lipinski definition) is 4. The Hall–Kier alpha value is -5.44. The van der Waals surface area contributed by atoms with Crippen LogP contribution < -0.4 is 0 Å². The minimum absolute atomic E-state index is 0.0140. The van der Waals surface area contributed by atoms with Gasteiger partial charge in [0.1, 0.15) is 60.0 Å². The van der Waals surface area contributed by atoms with Crippen molar-refractivity contribution >= 4 is 35.2 Å². The van der Waals surface area contributed by atoms with E-state index in [1.807, 2.05) is 90.2 Å². The molecular formula is C88H133NO21. The molecule has 0 aromatic rings. The van der Waals surface area contributed by atoms with Gasteiger partial charge in [-0.15, -0.1) is 0 Å². The summed E-state index contributed by atoms with van der Waals surface area (Å²) in [5.41, 5.74) is 2.23. The van der Waals surface area contributed by atoms with E-state index < -0.39 is 125 Å². The maximum absolute atomic E-state index is 14.4. The van der Waals surface area contributed by atoms with Gasteiger partial charge in [0.05, 0.1) is 49.3 Å². The first-order valence-electron chi connectivity index (χ1n) is 40.8. The minimum Gasteiger partial charge on any atom is -0.462 e. The number of aliphatic hydroxyl groups is 4. The Kier molecular flexibility index (Phi) is 33.4. The summed E-state index contributed by atoms with van der Waals surface area (Å²) in [7, 11) is 6.12. The number of esters is 2. The second-order valence-corrected chi connectivity index (χ2v) is 33.4. The number of allylic oxidation sites excluding steroid dienone is 8. The van der Waals surface area contributed by atoms with Crippen LogP contribution in [0.4, 0.5) is 0 Å². The van der Waals surface area contributed by atoms with Gasteiger partial charge < -0.3 is 77.4 Å². The zero-order valence-corrected chi connectivity index (χ0v) is 69.0. The third kappa shape index (κ3) is 21.7. The number of amides is 1. The number of fused-ring (bicyclic) bond motifs is 5. The molecule has 22 nitrogen and oxygen atoms in total. The maximum atomic E-state index is 14.4. The first-order chi connectivity index (χ1) is 52.2. The fourth-order valence-electron chi connectivity index (χ4n) is 18.0. The van der Waals surface area contributed by atoms with E-state index in [-0.39, 0.29) is 91.6 Å². The van der Waals surface area contributed by atoms with Gasteiger partial charge >= 0.3 is 11.9 Å². The molecule has 0 aromatic heterocycles. The predicted octanol–water partition coefficient (Wildman–Crippen LogP) is 12.2. The van der Waals surface area contributed by atoms with Crippen molar-refractivity contribution in [2.75, 3.05) is 48.2 Å². The Bertz CT molecular complexity index is 3420. The van der Waals surface area contributed by atoms with E-state index in [1.54, 1.807) is 54.3 Å². The summed E-state index contributed by atoms with van der Waals surface area (Å²) in [6.45, 7) is 28.2. The normalized spacial score (nSPS) is 42.6. The molecule has 110 heavy (non-hydrogen) atoms. The van der Waals surface area contributed by atoms with Crippen LogP contribution in [0.3, 0.4) is 0 Å². The van der Waals surface area contributed by atoms with Gasteiger partial charge in [-0.2, -0.15) is 0 Å². The molecule has 1 saturated carbocycles. The highest BCUT2D eigenvalue weighted by Crippen LogP contribution is 2.48. The molecule has 4 N–H and O–H groups in total. The molecule has 9 rings (SSSR count). The van der Waals surface area contributed by atoms with Gasteiger partial charge in [-0.25, -0.2) is 4.79 Å². The fourth-order valence-corrected chi connectivity index (χ4v) is 18.0. The molecule has 0 radical (unpaired) electrons. The van der Waals surface area contributed by atoms with Crippen molar-refractivity contribution < 1.29 is 101 Å². The summed E-state index contributed by atoms with van der Waals surface area (Å²) in [6.07, 6.45) is 25.7. The van der Waals surface area contributed by atoms with Crippen molar-refractivity contribution in [3.63, 3.8) is 0 Å². The van der Waals surface area contributed by atoms with Crippen molar-refractivity contribution in [2.45, 2.75) is 302 Å². The molecule has 4 bridgehead atoms. The van der Waals surface area contributed by atoms with Crippen molar-refractivity contribution in [3.8, 4) is 0 Å². The number of hydrogen-bond acceptors (Lipinski definition) is 21. The molecule has 0 aromatic carbocycles. The van der Waals surface area contributed by atoms with Crippen LogP contribution in [0, 0.1) is 59.2 Å². The molecule has 9 aliphatic rings. The lowest BCUT2D eigenvalue weighted by atomic mass is 9.70. The zero-order chi connectivity index (χ0) is 80.7. The first kappa shape index (κ1) is 90.1. The third-order valence-electron chi connectivity index (χ3n) is 25.1. The van der Waals surface area contributed by atoms with Crippen LogP contribution in [0.5, 0.6) is 0 Å². The molecule has 7 heterocycles. The van der Waals surface area contributed by atoms with Gasteiger partial charge in [0.15, 0.2) is 11.6 Å². The molecule has 2 aliphatic carbocycles. The van der Waals surface area contributed by atoms with E-state index in [1.165, 1.54) is 12.0 Å². The number of methoxy groups -OCH3 is 4. The molecule has 5 fully saturated rings. The summed E-state index contributed by atoms with van der Waals surface area (Å²) in [5.74, 6) is -9.75. The maximum Gasteiger partial charge on any atom is 0.329 e. The SMILES string of the molecule is CCO[C@@H]1/C(C)=C/C[C@@H]2C[C@@H](C[C@]3(C=C[C@H](C)[C@@H](C(C)CC)O3)O2)OC(=O)[C@@H]2C=C(C)[C@@H](OC)[C@H]3OC/C(=C\C=C\[C@@H]1C)[C@]32O.CO[C@H]1C[C@@H]2CC[C@@H](C)[C@@](O)(O2)C(=O)C(=O)N2CCCC[C@H]2C(=O)O[C@H]([C@H](C)C[C@@H]2CC[C@@H](O)[C@H](OC)C2)CC(=O)[C@H](C)/C=C(\C)[C@@H](O)[C@@H](OC)C(=O)[C@H](C)C[C@H](C)/C=C/C=C/C=C/1C. The van der Waals surface area contributed by atoms with Gasteiger partial charge in [-0.05, 0) is 163 Å². The van der Waals surface area contributed by atoms with Gasteiger partial charge in [-0.1, -0.05) is 142 Å². The highest BCUT2D eigenvalue weighted by molar-refractivity contribution is 6.39. The van der Waals surface area contributed by atoms with Crippen LogP contribution in [0.2, 0.25) is 0 Å². The number of cyclic esters (lactones) is 1. The number of carbonyl (C=O) groups excluding carboxylic acids is 6. The molecule has 22 heteroatoms. The summed E-state index contributed by atoms with van der Waals surface area (Å²) >= 11 is 0. The number of Topliss-reactive ketones (excluding diaryl/α,β-unsaturated/α-hetero) is 3. The van der Waals surface area contributed by atoms with E-state index in [2.05, 4.69) is 52.8 Å². The van der Waals surface area contributed by atoms with E-state index in [0.717, 1.165) is 29.6 Å². The highest BCUT2D eigenvalue weighted by Gasteiger charge is 2.61. The minimum atomic E-state index is -2.43. The Balaban J connectivity index is 0.000000294. The summed E-state index contributed by atoms with van der Waals surface area (Å²) in [5, 5.41) is 46.2. The number of carbonyl (C=O) groups is 6. The number of rotatable bonds is 11. The zero-order valence-electron chi connectivity index (χ0n) is 69.0. The number of piperidine rings is 1. The number of ketones is 3. The lowest BCUT2D eigenvalue weighted by Crippen LogP contribution is -2.61. The quantitative estimate of drug-likeness (QED) is 0.0849. The summed E-state index contributed by atoms with van der Waals surface area (Å²) in [6, 6.07) is -1.14. The Morgan fingerprint density at radius 2 is 1.39 bits per heavy atom. The number of nitrogens with zero attached hydrogens (tertiary/aromatic N) is 1. The van der Waals surface area contributed by atoms with Gasteiger partial charge in [-0.3, -0.25) is 24.0 Å². The van der Waals surface area contributed by atoms with Crippen molar-refractivity contribution in [2.24, 2.45) is 59.2 Å². The average Bonchev–Trinajstić information content (AvgIpc) is 1.53. The van der Waals surface area contributed by atoms with Crippen molar-refractivity contribution in [3.05, 3.63) is 107 Å². The molecule has 1 amide bonds. The Morgan fingerprint density at radius 3 is 2.08 bits per heavy atom. The molecule has 7 aliphatic heterocycles. The van der Waals surface area contributed by atoms with Crippen molar-refractivity contribution in [1.82, 2.24) is 4.90 Å². The van der Waals surface area contributed by atoms with Gasteiger partial charge in [0.25, 0.3) is 11.7 Å². The molecule has 1 unspecified atom stereocenters. The topological polar surface area (TPSA) is 288 Å². The fraction of sp³-hybridized carbons (Fsp3) is 0.727. The predicted molar refractivity (Wildman–Crippen MR) is 417 cm³/mol. The molecule has 27 atom stereocenters. The molecular weight excluding hydrogens is 1410 g/mol. The van der Waals surface area contributed by atoms with Crippen LogP contribution in [-0.4, -0.2) is 211 Å². The molecule has 4 saturated heterocycles. The van der Waals surface area contributed by atoms with E-state index >= 15 is 0 Å². The number of ether oxygens (including phenoxy) is 11. The van der Waals surface area contributed by atoms with E-state index in [0.29, 0.717) is 101 Å². The van der Waals surface area contributed by atoms with E-state index in [4.69, 9.17) is 52.1 Å². The lowest BCUT2D eigenvalue weighted by molar-refractivity contribution is -0.300. The first-order valence-corrected chi connectivity index (χ1v) is 40.8. The third-order valence-corrected chi connectivity index (χ3v) is 25.1. The van der Waals surface area contributed by atoms with Crippen LogP contribution in [0.1, 0.15) is 200 Å². The smallest absolute Gasteiger partial charge is 0.329 e. The average molecular weight is 1540 g/mol. The Labute approximate surface area is 654 Å². The number of aliphatic hydroxyl groups excluding tert-OH is 2. The van der Waals surface area contributed by atoms with Gasteiger partial charge in [0.2, 0.25) is 5.79 Å². The van der Waals surface area contributed by atoms with Crippen LogP contribution in [-0.2, 0) is 80.9 Å². The summed E-state index contributed by atoms with van der Waals surface area (Å²) < 4.78 is 67.5.